The van der Waals surface area contributed by atoms with E-state index in [9.17, 15) is 14.7 Å². The molecule has 1 aliphatic heterocycles. The number of fused-ring (bicyclic) bond motifs is 1. The minimum Gasteiger partial charge on any atom is -0.507 e. The fourth-order valence-corrected chi connectivity index (χ4v) is 5.73. The summed E-state index contributed by atoms with van der Waals surface area (Å²) in [6.07, 6.45) is 5.31. The molecule has 0 amide bonds. The van der Waals surface area contributed by atoms with Crippen LogP contribution in [-0.4, -0.2) is 59.1 Å². The normalized spacial score (nSPS) is 19.3. The lowest BCUT2D eigenvalue weighted by Crippen LogP contribution is -2.50. The molecule has 1 saturated heterocycles. The number of ketones is 1. The zero-order chi connectivity index (χ0) is 27.1. The van der Waals surface area contributed by atoms with Gasteiger partial charge in [0.05, 0.1) is 0 Å². The van der Waals surface area contributed by atoms with E-state index in [1.165, 1.54) is 35.0 Å². The highest BCUT2D eigenvalue weighted by Crippen LogP contribution is 2.50. The molecule has 0 aromatic heterocycles. The first-order chi connectivity index (χ1) is 17.3. The summed E-state index contributed by atoms with van der Waals surface area (Å²) in [5, 5.41) is 19.1. The molecule has 1 fully saturated rings. The van der Waals surface area contributed by atoms with E-state index in [0.29, 0.717) is 17.2 Å². The number of rotatable bonds is 6. The maximum atomic E-state index is 13.4. The lowest BCUT2D eigenvalue weighted by molar-refractivity contribution is 0.0693. The number of carbonyl (C=O) groups is 2. The number of nitrogens with zero attached hydrogens (tertiary/aromatic N) is 2. The van der Waals surface area contributed by atoms with Gasteiger partial charge < -0.3 is 15.1 Å². The average Bonchev–Trinajstić information content (AvgIpc) is 2.84. The fourth-order valence-electron chi connectivity index (χ4n) is 5.73. The van der Waals surface area contributed by atoms with Crippen molar-refractivity contribution in [3.8, 4) is 5.75 Å². The summed E-state index contributed by atoms with van der Waals surface area (Å²) >= 11 is 0. The number of anilines is 1. The molecular weight excluding hydrogens is 464 g/mol. The van der Waals surface area contributed by atoms with Gasteiger partial charge in [-0.2, -0.15) is 0 Å². The van der Waals surface area contributed by atoms with Gasteiger partial charge >= 0.3 is 5.97 Å². The van der Waals surface area contributed by atoms with Crippen LogP contribution in [0.4, 0.5) is 5.69 Å². The van der Waals surface area contributed by atoms with E-state index in [0.717, 1.165) is 39.0 Å². The first-order valence-electron chi connectivity index (χ1n) is 13.3. The van der Waals surface area contributed by atoms with Gasteiger partial charge in [0.1, 0.15) is 11.3 Å². The van der Waals surface area contributed by atoms with Crippen molar-refractivity contribution in [2.45, 2.75) is 71.3 Å². The summed E-state index contributed by atoms with van der Waals surface area (Å²) < 4.78 is 0. The second-order valence-electron chi connectivity index (χ2n) is 12.1. The van der Waals surface area contributed by atoms with Crippen LogP contribution in [0.15, 0.2) is 36.4 Å². The van der Waals surface area contributed by atoms with E-state index in [-0.39, 0.29) is 27.9 Å². The van der Waals surface area contributed by atoms with Crippen molar-refractivity contribution in [3.63, 3.8) is 0 Å². The van der Waals surface area contributed by atoms with Gasteiger partial charge in [0.2, 0.25) is 0 Å². The molecule has 198 valence electrons. The molecule has 1 heterocycles. The second kappa shape index (κ2) is 9.97. The Morgan fingerprint density at radius 2 is 1.59 bits per heavy atom. The van der Waals surface area contributed by atoms with Crippen LogP contribution < -0.4 is 4.90 Å². The Bertz CT molecular complexity index is 1230. The molecule has 2 N–H and O–H groups in total. The van der Waals surface area contributed by atoms with Crippen LogP contribution in [0, 0.1) is 0 Å². The highest BCUT2D eigenvalue weighted by atomic mass is 16.4. The van der Waals surface area contributed by atoms with Crippen LogP contribution in [-0.2, 0) is 10.8 Å². The number of aromatic hydroxyl groups is 1. The molecular formula is C31H40N2O4. The maximum Gasteiger partial charge on any atom is 0.339 e. The molecule has 1 aliphatic carbocycles. The van der Waals surface area contributed by atoms with Crippen LogP contribution in [0.25, 0.3) is 6.08 Å². The molecule has 0 saturated carbocycles. The van der Waals surface area contributed by atoms with Gasteiger partial charge in [-0.05, 0) is 84.6 Å². The van der Waals surface area contributed by atoms with Gasteiger partial charge in [-0.15, -0.1) is 0 Å². The summed E-state index contributed by atoms with van der Waals surface area (Å²) in [5.41, 5.74) is 4.87. The summed E-state index contributed by atoms with van der Waals surface area (Å²) in [6, 6.07) is 8.98. The topological polar surface area (TPSA) is 81.1 Å². The molecule has 2 aliphatic rings. The van der Waals surface area contributed by atoms with E-state index in [1.54, 1.807) is 12.1 Å². The van der Waals surface area contributed by atoms with Gasteiger partial charge in [0.15, 0.2) is 5.78 Å². The largest absolute Gasteiger partial charge is 0.507 e. The van der Waals surface area contributed by atoms with E-state index in [4.69, 9.17) is 5.11 Å². The number of allylic oxidation sites excluding steroid dienone is 1. The van der Waals surface area contributed by atoms with Crippen LogP contribution in [0.5, 0.6) is 5.75 Å². The van der Waals surface area contributed by atoms with Crippen LogP contribution in [0.2, 0.25) is 0 Å². The molecule has 37 heavy (non-hydrogen) atoms. The van der Waals surface area contributed by atoms with E-state index < -0.39 is 5.97 Å². The number of phenols is 1. The molecule has 6 nitrogen and oxygen atoms in total. The second-order valence-corrected chi connectivity index (χ2v) is 12.1. The predicted octanol–water partition coefficient (Wildman–Crippen LogP) is 5.87. The highest BCUT2D eigenvalue weighted by Gasteiger charge is 2.40. The molecule has 0 radical (unpaired) electrons. The number of carboxylic acid groups (broad SMARTS) is 1. The molecule has 6 heteroatoms. The highest BCUT2D eigenvalue weighted by molar-refractivity contribution is 6.08. The molecule has 0 bridgehead atoms. The van der Waals surface area contributed by atoms with Gasteiger partial charge in [0, 0.05) is 43.5 Å². The van der Waals surface area contributed by atoms with E-state index in [2.05, 4.69) is 63.5 Å². The fraction of sp³-hybridized carbons (Fsp3) is 0.484. The van der Waals surface area contributed by atoms with Crippen molar-refractivity contribution in [2.75, 3.05) is 31.1 Å². The Morgan fingerprint density at radius 3 is 2.19 bits per heavy atom. The summed E-state index contributed by atoms with van der Waals surface area (Å²) in [6.45, 7) is 17.6. The van der Waals surface area contributed by atoms with E-state index >= 15 is 0 Å². The van der Waals surface area contributed by atoms with Crippen LogP contribution in [0.3, 0.4) is 0 Å². The van der Waals surface area contributed by atoms with Crippen molar-refractivity contribution in [1.29, 1.82) is 0 Å². The number of carboxylic acids is 1. The number of carbonyl (C=O) groups excluding carboxylic acids is 1. The van der Waals surface area contributed by atoms with Crippen LogP contribution in [0.1, 0.15) is 91.8 Å². The first-order valence-corrected chi connectivity index (χ1v) is 13.3. The summed E-state index contributed by atoms with van der Waals surface area (Å²) in [7, 11) is 0. The summed E-state index contributed by atoms with van der Waals surface area (Å²) in [5.74, 6) is -1.61. The first kappa shape index (κ1) is 26.9. The van der Waals surface area contributed by atoms with Gasteiger partial charge in [-0.25, -0.2) is 4.79 Å². The Hall–Kier alpha value is -3.12. The third-order valence-electron chi connectivity index (χ3n) is 8.25. The minimum atomic E-state index is -1.19. The maximum absolute atomic E-state index is 13.4. The van der Waals surface area contributed by atoms with Crippen molar-refractivity contribution in [1.82, 2.24) is 4.90 Å². The Kier molecular flexibility index (Phi) is 7.26. The molecule has 4 rings (SSSR count). The Labute approximate surface area is 220 Å². The Balaban J connectivity index is 1.73. The van der Waals surface area contributed by atoms with Crippen molar-refractivity contribution >= 4 is 23.5 Å². The van der Waals surface area contributed by atoms with Crippen molar-refractivity contribution in [2.24, 2.45) is 0 Å². The minimum absolute atomic E-state index is 0.0240. The zero-order valence-corrected chi connectivity index (χ0v) is 23.0. The van der Waals surface area contributed by atoms with Crippen LogP contribution >= 0.6 is 0 Å². The standard InChI is InChI=1S/C31H40N2O4/c1-20(2)32-13-15-33(16-14-32)25-19-22(18-24-28(25)31(5,6)12-11-30(24,3)4)26(34)10-8-21-7-9-23(29(36)37)27(35)17-21/h7-10,17-20,35H,11-16H2,1-6H3,(H,36,37). The summed E-state index contributed by atoms with van der Waals surface area (Å²) in [4.78, 5) is 29.6. The molecule has 2 aromatic rings. The number of hydrogen-bond donors (Lipinski definition) is 2. The van der Waals surface area contributed by atoms with E-state index in [1.807, 2.05) is 0 Å². The predicted molar refractivity (Wildman–Crippen MR) is 149 cm³/mol. The third-order valence-corrected chi connectivity index (χ3v) is 8.25. The SMILES string of the molecule is CC(C)N1CCN(c2cc(C(=O)C=Cc3ccc(C(=O)O)c(O)c3)cc3c2C(C)(C)CCC3(C)C)CC1. The number of aromatic carboxylic acids is 1. The van der Waals surface area contributed by atoms with Gasteiger partial charge in [0.25, 0.3) is 0 Å². The smallest absolute Gasteiger partial charge is 0.339 e. The molecule has 2 aromatic carbocycles. The van der Waals surface area contributed by atoms with Gasteiger partial charge in [-0.3, -0.25) is 9.69 Å². The molecule has 0 spiro atoms. The lowest BCUT2D eigenvalue weighted by Gasteiger charge is -2.46. The number of benzene rings is 2. The molecule has 0 atom stereocenters. The monoisotopic (exact) mass is 504 g/mol. The molecule has 0 unspecified atom stereocenters. The quantitative estimate of drug-likeness (QED) is 0.379. The lowest BCUT2D eigenvalue weighted by atomic mass is 9.62. The number of hydrogen-bond acceptors (Lipinski definition) is 5. The van der Waals surface area contributed by atoms with Gasteiger partial charge in [-0.1, -0.05) is 39.8 Å². The Morgan fingerprint density at radius 1 is 0.946 bits per heavy atom. The van der Waals surface area contributed by atoms with Crippen molar-refractivity contribution in [3.05, 3.63) is 64.2 Å². The van der Waals surface area contributed by atoms with Crippen molar-refractivity contribution < 1.29 is 19.8 Å². The number of piperazine rings is 1. The third kappa shape index (κ3) is 5.45. The average molecular weight is 505 g/mol. The zero-order valence-electron chi connectivity index (χ0n) is 23.0.